The van der Waals surface area contributed by atoms with Gasteiger partial charge in [0.2, 0.25) is 5.91 Å². The minimum Gasteiger partial charge on any atom is -0.342 e. The van der Waals surface area contributed by atoms with E-state index >= 15 is 0 Å². The molecule has 1 unspecified atom stereocenters. The third-order valence-electron chi connectivity index (χ3n) is 5.22. The van der Waals surface area contributed by atoms with Crippen molar-refractivity contribution in [3.8, 4) is 5.82 Å². The SMILES string of the molecule is CC(NC(=O)c1cc(Cl)cc(C(F)(F)F)c1)c1ncnn1-c1ccc(NC(=O)CC2CC2)cn1. The number of nitrogens with zero attached hydrogens (tertiary/aromatic N) is 4. The number of hydrogen-bond acceptors (Lipinski definition) is 5. The quantitative estimate of drug-likeness (QED) is 0.503. The number of carbonyl (C=O) groups is 2. The van der Waals surface area contributed by atoms with Crippen LogP contribution in [0.2, 0.25) is 5.02 Å². The summed E-state index contributed by atoms with van der Waals surface area (Å²) in [4.78, 5) is 33.0. The summed E-state index contributed by atoms with van der Waals surface area (Å²) in [5, 5.41) is 9.31. The number of rotatable bonds is 7. The summed E-state index contributed by atoms with van der Waals surface area (Å²) in [6.07, 6.45) is 0.764. The standard InChI is InChI=1S/C22H20ClF3N6O2/c1-12(30-21(34)14-7-15(22(24,25)26)9-16(23)8-14)20-28-11-29-32(20)18-5-4-17(10-27-18)31-19(33)6-13-2-3-13/h4-5,7-13H,2-3,6H2,1H3,(H,30,34)(H,31,33). The molecular weight excluding hydrogens is 473 g/mol. The molecule has 0 spiro atoms. The second kappa shape index (κ2) is 9.41. The van der Waals surface area contributed by atoms with Crippen molar-refractivity contribution >= 4 is 29.1 Å². The Hall–Kier alpha value is -3.47. The van der Waals surface area contributed by atoms with Crippen molar-refractivity contribution in [3.05, 3.63) is 64.8 Å². The van der Waals surface area contributed by atoms with Crippen molar-refractivity contribution in [1.29, 1.82) is 0 Å². The van der Waals surface area contributed by atoms with Gasteiger partial charge in [0.15, 0.2) is 11.6 Å². The van der Waals surface area contributed by atoms with E-state index in [1.807, 2.05) is 0 Å². The number of hydrogen-bond donors (Lipinski definition) is 2. The molecule has 34 heavy (non-hydrogen) atoms. The number of aromatic nitrogens is 4. The Bertz CT molecular complexity index is 1210. The van der Waals surface area contributed by atoms with Crippen molar-refractivity contribution in [2.45, 2.75) is 38.4 Å². The van der Waals surface area contributed by atoms with Gasteiger partial charge in [0.1, 0.15) is 6.33 Å². The van der Waals surface area contributed by atoms with Gasteiger partial charge < -0.3 is 10.6 Å². The van der Waals surface area contributed by atoms with Gasteiger partial charge in [-0.2, -0.15) is 23.0 Å². The monoisotopic (exact) mass is 492 g/mol. The van der Waals surface area contributed by atoms with Gasteiger partial charge in [0.25, 0.3) is 5.91 Å². The summed E-state index contributed by atoms with van der Waals surface area (Å²) in [6.45, 7) is 1.61. The van der Waals surface area contributed by atoms with Crippen LogP contribution in [0.1, 0.15) is 54.0 Å². The lowest BCUT2D eigenvalue weighted by molar-refractivity contribution is -0.137. The first-order valence-electron chi connectivity index (χ1n) is 10.4. The molecule has 2 heterocycles. The van der Waals surface area contributed by atoms with Crippen LogP contribution < -0.4 is 10.6 Å². The molecule has 0 saturated heterocycles. The maximum absolute atomic E-state index is 13.1. The maximum Gasteiger partial charge on any atom is 0.416 e. The largest absolute Gasteiger partial charge is 0.416 e. The van der Waals surface area contributed by atoms with Crippen molar-refractivity contribution in [1.82, 2.24) is 25.1 Å². The second-order valence-electron chi connectivity index (χ2n) is 8.05. The van der Waals surface area contributed by atoms with Crippen LogP contribution in [0.3, 0.4) is 0 Å². The molecule has 3 aromatic rings. The van der Waals surface area contributed by atoms with Crippen LogP contribution in [-0.2, 0) is 11.0 Å². The third kappa shape index (κ3) is 5.71. The van der Waals surface area contributed by atoms with Crippen LogP contribution in [-0.4, -0.2) is 31.6 Å². The summed E-state index contributed by atoms with van der Waals surface area (Å²) >= 11 is 5.77. The van der Waals surface area contributed by atoms with Gasteiger partial charge in [-0.05, 0) is 56.0 Å². The van der Waals surface area contributed by atoms with E-state index in [0.717, 1.165) is 31.0 Å². The van der Waals surface area contributed by atoms with E-state index in [9.17, 15) is 22.8 Å². The highest BCUT2D eigenvalue weighted by Crippen LogP contribution is 2.33. The van der Waals surface area contributed by atoms with E-state index in [4.69, 9.17) is 11.6 Å². The van der Waals surface area contributed by atoms with Gasteiger partial charge in [-0.25, -0.2) is 9.97 Å². The van der Waals surface area contributed by atoms with E-state index in [1.165, 1.54) is 17.2 Å². The summed E-state index contributed by atoms with van der Waals surface area (Å²) in [7, 11) is 0. The van der Waals surface area contributed by atoms with Crippen LogP contribution in [0.15, 0.2) is 42.9 Å². The van der Waals surface area contributed by atoms with Crippen molar-refractivity contribution in [3.63, 3.8) is 0 Å². The highest BCUT2D eigenvalue weighted by molar-refractivity contribution is 6.31. The molecule has 1 atom stereocenters. The fraction of sp³-hybridized carbons (Fsp3) is 0.318. The molecule has 1 saturated carbocycles. The molecule has 178 valence electrons. The van der Waals surface area contributed by atoms with E-state index < -0.39 is 23.7 Å². The summed E-state index contributed by atoms with van der Waals surface area (Å²) < 4.78 is 40.5. The highest BCUT2D eigenvalue weighted by Gasteiger charge is 2.32. The number of halogens is 4. The van der Waals surface area contributed by atoms with Gasteiger partial charge in [0, 0.05) is 17.0 Å². The van der Waals surface area contributed by atoms with Gasteiger partial charge in [-0.3, -0.25) is 9.59 Å². The van der Waals surface area contributed by atoms with E-state index in [-0.39, 0.29) is 16.5 Å². The average molecular weight is 493 g/mol. The van der Waals surface area contributed by atoms with Crippen molar-refractivity contribution in [2.75, 3.05) is 5.32 Å². The van der Waals surface area contributed by atoms with Crippen LogP contribution in [0.4, 0.5) is 18.9 Å². The number of pyridine rings is 1. The molecule has 1 aliphatic carbocycles. The van der Waals surface area contributed by atoms with Gasteiger partial charge in [-0.1, -0.05) is 11.6 Å². The normalized spacial score (nSPS) is 14.5. The lowest BCUT2D eigenvalue weighted by atomic mass is 10.1. The predicted molar refractivity (Wildman–Crippen MR) is 117 cm³/mol. The molecule has 2 N–H and O–H groups in total. The Morgan fingerprint density at radius 3 is 2.62 bits per heavy atom. The molecule has 2 amide bonds. The topological polar surface area (TPSA) is 102 Å². The lowest BCUT2D eigenvalue weighted by Gasteiger charge is -2.15. The first kappa shape index (κ1) is 23.7. The predicted octanol–water partition coefficient (Wildman–Crippen LogP) is 4.56. The van der Waals surface area contributed by atoms with Gasteiger partial charge >= 0.3 is 6.18 Å². The summed E-state index contributed by atoms with van der Waals surface area (Å²) in [5.74, 6) is 0.343. The molecule has 0 radical (unpaired) electrons. The van der Waals surface area contributed by atoms with E-state index in [2.05, 4.69) is 25.7 Å². The molecule has 1 aromatic carbocycles. The van der Waals surface area contributed by atoms with Crippen LogP contribution in [0.25, 0.3) is 5.82 Å². The fourth-order valence-electron chi connectivity index (χ4n) is 3.33. The molecule has 0 aliphatic heterocycles. The Balaban J connectivity index is 1.46. The Morgan fingerprint density at radius 2 is 1.97 bits per heavy atom. The molecule has 8 nitrogen and oxygen atoms in total. The first-order valence-corrected chi connectivity index (χ1v) is 10.8. The molecule has 2 aromatic heterocycles. The first-order chi connectivity index (χ1) is 16.1. The lowest BCUT2D eigenvalue weighted by Crippen LogP contribution is -2.29. The molecule has 4 rings (SSSR count). The van der Waals surface area contributed by atoms with Gasteiger partial charge in [-0.15, -0.1) is 0 Å². The highest BCUT2D eigenvalue weighted by atomic mass is 35.5. The molecule has 12 heteroatoms. The minimum atomic E-state index is -4.64. The zero-order chi connectivity index (χ0) is 24.5. The minimum absolute atomic E-state index is 0.0653. The molecule has 1 fully saturated rings. The number of carbonyl (C=O) groups excluding carboxylic acids is 2. The summed E-state index contributed by atoms with van der Waals surface area (Å²) in [6, 6.07) is 5.22. The second-order valence-corrected chi connectivity index (χ2v) is 8.49. The number of benzene rings is 1. The zero-order valence-corrected chi connectivity index (χ0v) is 18.7. The van der Waals surface area contributed by atoms with E-state index in [0.29, 0.717) is 29.7 Å². The average Bonchev–Trinajstić information content (AvgIpc) is 3.44. The number of alkyl halides is 3. The van der Waals surface area contributed by atoms with E-state index in [1.54, 1.807) is 19.1 Å². The number of nitrogens with one attached hydrogen (secondary N) is 2. The molecular formula is C22H20ClF3N6O2. The molecule has 0 bridgehead atoms. The Kier molecular flexibility index (Phi) is 6.56. The van der Waals surface area contributed by atoms with Crippen LogP contribution in [0.5, 0.6) is 0 Å². The fourth-order valence-corrected chi connectivity index (χ4v) is 3.57. The van der Waals surface area contributed by atoms with Gasteiger partial charge in [0.05, 0.1) is 23.5 Å². The van der Waals surface area contributed by atoms with Crippen molar-refractivity contribution in [2.24, 2.45) is 5.92 Å². The van der Waals surface area contributed by atoms with Crippen LogP contribution in [0, 0.1) is 5.92 Å². The summed E-state index contributed by atoms with van der Waals surface area (Å²) in [5.41, 5.74) is -0.713. The van der Waals surface area contributed by atoms with Crippen LogP contribution >= 0.6 is 11.6 Å². The number of amides is 2. The Morgan fingerprint density at radius 1 is 1.21 bits per heavy atom. The van der Waals surface area contributed by atoms with Crippen molar-refractivity contribution < 1.29 is 22.8 Å². The third-order valence-corrected chi connectivity index (χ3v) is 5.43. The number of anilines is 1. The zero-order valence-electron chi connectivity index (χ0n) is 17.9. The molecule has 1 aliphatic rings. The smallest absolute Gasteiger partial charge is 0.342 e. The Labute approximate surface area is 197 Å². The maximum atomic E-state index is 13.1.